The van der Waals surface area contributed by atoms with Crippen molar-refractivity contribution in [3.05, 3.63) is 23.8 Å². The quantitative estimate of drug-likeness (QED) is 0.841. The van der Waals surface area contributed by atoms with Crippen LogP contribution < -0.4 is 15.0 Å². The maximum Gasteiger partial charge on any atom is 0.142 e. The molecule has 3 rings (SSSR count). The Kier molecular flexibility index (Phi) is 2.51. The van der Waals surface area contributed by atoms with Crippen molar-refractivity contribution in [3.8, 4) is 5.75 Å². The van der Waals surface area contributed by atoms with Gasteiger partial charge in [-0.1, -0.05) is 6.07 Å². The molecular weight excluding hydrogens is 212 g/mol. The van der Waals surface area contributed by atoms with Gasteiger partial charge in [-0.25, -0.2) is 0 Å². The van der Waals surface area contributed by atoms with Gasteiger partial charge in [0.15, 0.2) is 0 Å². The van der Waals surface area contributed by atoms with Crippen LogP contribution in [0, 0.1) is 12.3 Å². The van der Waals surface area contributed by atoms with Gasteiger partial charge in [-0.05, 0) is 31.0 Å². The van der Waals surface area contributed by atoms with E-state index < -0.39 is 0 Å². The van der Waals surface area contributed by atoms with Gasteiger partial charge in [0.2, 0.25) is 0 Å². The van der Waals surface area contributed by atoms with Gasteiger partial charge in [0.25, 0.3) is 0 Å². The summed E-state index contributed by atoms with van der Waals surface area (Å²) in [5.41, 5.74) is 3.10. The average Bonchev–Trinajstić information content (AvgIpc) is 2.73. The van der Waals surface area contributed by atoms with Crippen LogP contribution in [0.4, 0.5) is 5.69 Å². The molecule has 3 nitrogen and oxygen atoms in total. The molecule has 92 valence electrons. The minimum atomic E-state index is 0.536. The summed E-state index contributed by atoms with van der Waals surface area (Å²) in [4.78, 5) is 2.48. The molecule has 2 aliphatic rings. The van der Waals surface area contributed by atoms with Crippen LogP contribution in [-0.4, -0.2) is 33.3 Å². The highest BCUT2D eigenvalue weighted by molar-refractivity contribution is 5.61. The van der Waals surface area contributed by atoms with Gasteiger partial charge in [0.05, 0.1) is 12.8 Å². The van der Waals surface area contributed by atoms with Crippen molar-refractivity contribution in [2.75, 3.05) is 38.2 Å². The smallest absolute Gasteiger partial charge is 0.142 e. The first-order valence-electron chi connectivity index (χ1n) is 6.33. The standard InChI is InChI=1S/C14H20N2O/c1-11-3-4-13(17-2)12(7-11)16-6-5-14(10-16)8-15-9-14/h3-4,7,15H,5-6,8-10H2,1-2H3. The lowest BCUT2D eigenvalue weighted by Crippen LogP contribution is -2.54. The molecule has 2 aliphatic heterocycles. The van der Waals surface area contributed by atoms with E-state index in [2.05, 4.69) is 35.3 Å². The molecule has 2 fully saturated rings. The average molecular weight is 232 g/mol. The highest BCUT2D eigenvalue weighted by atomic mass is 16.5. The number of aryl methyl sites for hydroxylation is 1. The summed E-state index contributed by atoms with van der Waals surface area (Å²) in [5.74, 6) is 1.000. The Bertz CT molecular complexity index is 426. The second kappa shape index (κ2) is 3.91. The van der Waals surface area contributed by atoms with Gasteiger partial charge in [0, 0.05) is 31.6 Å². The van der Waals surface area contributed by atoms with E-state index in [1.54, 1.807) is 7.11 Å². The Morgan fingerprint density at radius 1 is 1.35 bits per heavy atom. The van der Waals surface area contributed by atoms with Crippen LogP contribution in [0.15, 0.2) is 18.2 Å². The molecule has 2 saturated heterocycles. The first-order valence-corrected chi connectivity index (χ1v) is 6.33. The molecule has 0 radical (unpaired) electrons. The topological polar surface area (TPSA) is 24.5 Å². The Labute approximate surface area is 103 Å². The zero-order valence-corrected chi connectivity index (χ0v) is 10.6. The van der Waals surface area contributed by atoms with E-state index in [1.807, 2.05) is 0 Å². The number of nitrogens with zero attached hydrogens (tertiary/aromatic N) is 1. The van der Waals surface area contributed by atoms with Crippen LogP contribution in [0.2, 0.25) is 0 Å². The molecule has 0 saturated carbocycles. The van der Waals surface area contributed by atoms with E-state index in [1.165, 1.54) is 37.3 Å². The molecule has 0 amide bonds. The Morgan fingerprint density at radius 3 is 2.76 bits per heavy atom. The lowest BCUT2D eigenvalue weighted by atomic mass is 9.81. The summed E-state index contributed by atoms with van der Waals surface area (Å²) < 4.78 is 5.48. The predicted octanol–water partition coefficient (Wildman–Crippen LogP) is 1.80. The molecule has 0 aliphatic carbocycles. The zero-order chi connectivity index (χ0) is 11.9. The van der Waals surface area contributed by atoms with E-state index in [0.717, 1.165) is 12.3 Å². The Morgan fingerprint density at radius 2 is 2.18 bits per heavy atom. The molecular formula is C14H20N2O. The first kappa shape index (κ1) is 10.9. The van der Waals surface area contributed by atoms with Crippen molar-refractivity contribution in [1.29, 1.82) is 0 Å². The van der Waals surface area contributed by atoms with Crippen molar-refractivity contribution < 1.29 is 4.74 Å². The molecule has 0 atom stereocenters. The second-order valence-corrected chi connectivity index (χ2v) is 5.45. The normalized spacial score (nSPS) is 21.6. The monoisotopic (exact) mass is 232 g/mol. The molecule has 1 aromatic rings. The maximum absolute atomic E-state index is 5.48. The summed E-state index contributed by atoms with van der Waals surface area (Å²) in [6, 6.07) is 6.43. The number of methoxy groups -OCH3 is 1. The van der Waals surface area contributed by atoms with Gasteiger partial charge in [0.1, 0.15) is 5.75 Å². The first-order chi connectivity index (χ1) is 8.22. The van der Waals surface area contributed by atoms with Gasteiger partial charge in [-0.15, -0.1) is 0 Å². The number of hydrogen-bond acceptors (Lipinski definition) is 3. The van der Waals surface area contributed by atoms with Crippen LogP contribution in [0.25, 0.3) is 0 Å². The zero-order valence-electron chi connectivity index (χ0n) is 10.6. The predicted molar refractivity (Wildman–Crippen MR) is 69.9 cm³/mol. The number of ether oxygens (including phenoxy) is 1. The molecule has 17 heavy (non-hydrogen) atoms. The molecule has 0 unspecified atom stereocenters. The van der Waals surface area contributed by atoms with E-state index in [-0.39, 0.29) is 0 Å². The summed E-state index contributed by atoms with van der Waals surface area (Å²) >= 11 is 0. The van der Waals surface area contributed by atoms with Crippen molar-refractivity contribution in [3.63, 3.8) is 0 Å². The third kappa shape index (κ3) is 1.78. The van der Waals surface area contributed by atoms with Gasteiger partial charge < -0.3 is 15.0 Å². The third-order valence-electron chi connectivity index (χ3n) is 4.11. The number of hydrogen-bond donors (Lipinski definition) is 1. The van der Waals surface area contributed by atoms with Crippen molar-refractivity contribution in [1.82, 2.24) is 5.32 Å². The van der Waals surface area contributed by atoms with E-state index in [4.69, 9.17) is 4.74 Å². The van der Waals surface area contributed by atoms with E-state index >= 15 is 0 Å². The maximum atomic E-state index is 5.48. The van der Waals surface area contributed by atoms with Gasteiger partial charge >= 0.3 is 0 Å². The summed E-state index contributed by atoms with van der Waals surface area (Å²) in [6.45, 7) is 6.82. The third-order valence-corrected chi connectivity index (χ3v) is 4.11. The van der Waals surface area contributed by atoms with Crippen molar-refractivity contribution in [2.24, 2.45) is 5.41 Å². The lowest BCUT2D eigenvalue weighted by molar-refractivity contribution is 0.199. The second-order valence-electron chi connectivity index (χ2n) is 5.45. The molecule has 0 bridgehead atoms. The molecule has 3 heteroatoms. The highest BCUT2D eigenvalue weighted by Crippen LogP contribution is 2.39. The molecule has 0 aromatic heterocycles. The number of benzene rings is 1. The summed E-state index contributed by atoms with van der Waals surface area (Å²) in [7, 11) is 1.75. The van der Waals surface area contributed by atoms with Gasteiger partial charge in [-0.3, -0.25) is 0 Å². The fraction of sp³-hybridized carbons (Fsp3) is 0.571. The molecule has 1 spiro atoms. The number of nitrogens with one attached hydrogen (secondary N) is 1. The van der Waals surface area contributed by atoms with Crippen molar-refractivity contribution in [2.45, 2.75) is 13.3 Å². The van der Waals surface area contributed by atoms with E-state index in [0.29, 0.717) is 5.41 Å². The SMILES string of the molecule is COc1ccc(C)cc1N1CCC2(CNC2)C1. The Balaban J connectivity index is 1.86. The van der Waals surface area contributed by atoms with Gasteiger partial charge in [-0.2, -0.15) is 0 Å². The minimum Gasteiger partial charge on any atom is -0.495 e. The fourth-order valence-corrected chi connectivity index (χ4v) is 2.96. The van der Waals surface area contributed by atoms with Crippen LogP contribution in [0.5, 0.6) is 5.75 Å². The van der Waals surface area contributed by atoms with E-state index in [9.17, 15) is 0 Å². The minimum absolute atomic E-state index is 0.536. The summed E-state index contributed by atoms with van der Waals surface area (Å²) in [5, 5.41) is 3.40. The van der Waals surface area contributed by atoms with Crippen molar-refractivity contribution >= 4 is 5.69 Å². The van der Waals surface area contributed by atoms with Crippen LogP contribution in [-0.2, 0) is 0 Å². The lowest BCUT2D eigenvalue weighted by Gasteiger charge is -2.39. The fourth-order valence-electron chi connectivity index (χ4n) is 2.96. The summed E-state index contributed by atoms with van der Waals surface area (Å²) in [6.07, 6.45) is 1.30. The van der Waals surface area contributed by atoms with Crippen LogP contribution >= 0.6 is 0 Å². The van der Waals surface area contributed by atoms with Crippen LogP contribution in [0.3, 0.4) is 0 Å². The molecule has 1 N–H and O–H groups in total. The number of rotatable bonds is 2. The molecule has 1 aromatic carbocycles. The largest absolute Gasteiger partial charge is 0.495 e. The Hall–Kier alpha value is -1.22. The number of anilines is 1. The molecule has 2 heterocycles. The highest BCUT2D eigenvalue weighted by Gasteiger charge is 2.43. The van der Waals surface area contributed by atoms with Crippen LogP contribution in [0.1, 0.15) is 12.0 Å².